The molecule has 0 aliphatic carbocycles. The Hall–Kier alpha value is -2.60. The molecule has 156 valence electrons. The van der Waals surface area contributed by atoms with Crippen LogP contribution in [0.15, 0.2) is 23.2 Å². The molecule has 0 aliphatic rings. The van der Waals surface area contributed by atoms with Gasteiger partial charge in [0.05, 0.1) is 16.8 Å². The number of fused-ring (bicyclic) bond motifs is 1. The van der Waals surface area contributed by atoms with Crippen molar-refractivity contribution in [3.8, 4) is 11.3 Å². The number of halogens is 4. The summed E-state index contributed by atoms with van der Waals surface area (Å²) in [6.45, 7) is 5.18. The molecule has 0 radical (unpaired) electrons. The average molecular weight is 430 g/mol. The standard InChI is InChI=1S/C17H18F4N6OS/c1-4-8(2)26-29(28)10-5-11(9(3)12(18)6-10)13-7-23-15-14(22)24-16(17(19,20)21)25-27(13)15/h5-8,26H,4H2,1-3H3,(H2,22,24,25). The second-order valence-electron chi connectivity index (χ2n) is 6.47. The average Bonchev–Trinajstić information content (AvgIpc) is 3.07. The number of benzene rings is 1. The Labute approximate surface area is 165 Å². The number of alkyl halides is 3. The molecule has 0 fully saturated rings. The van der Waals surface area contributed by atoms with Gasteiger partial charge in [-0.05, 0) is 38.0 Å². The van der Waals surface area contributed by atoms with Crippen molar-refractivity contribution in [2.45, 2.75) is 44.3 Å². The molecule has 2 unspecified atom stereocenters. The van der Waals surface area contributed by atoms with Gasteiger partial charge in [-0.1, -0.05) is 6.92 Å². The van der Waals surface area contributed by atoms with Gasteiger partial charge >= 0.3 is 6.18 Å². The predicted octanol–water partition coefficient (Wildman–Crippen LogP) is 3.25. The van der Waals surface area contributed by atoms with Gasteiger partial charge in [0.2, 0.25) is 0 Å². The molecule has 7 nitrogen and oxygen atoms in total. The van der Waals surface area contributed by atoms with E-state index < -0.39 is 34.6 Å². The Morgan fingerprint density at radius 3 is 2.66 bits per heavy atom. The fourth-order valence-corrected chi connectivity index (χ4v) is 3.67. The largest absolute Gasteiger partial charge is 0.453 e. The third kappa shape index (κ3) is 4.08. The fraction of sp³-hybridized carbons (Fsp3) is 0.353. The monoisotopic (exact) mass is 430 g/mol. The molecule has 2 aromatic heterocycles. The van der Waals surface area contributed by atoms with Gasteiger partial charge in [0.1, 0.15) is 16.8 Å². The van der Waals surface area contributed by atoms with Gasteiger partial charge in [-0.2, -0.15) is 13.2 Å². The van der Waals surface area contributed by atoms with E-state index in [9.17, 15) is 21.8 Å². The summed E-state index contributed by atoms with van der Waals surface area (Å²) in [6, 6.07) is 2.47. The maximum Gasteiger partial charge on any atom is 0.453 e. The van der Waals surface area contributed by atoms with Crippen LogP contribution in [0.5, 0.6) is 0 Å². The predicted molar refractivity (Wildman–Crippen MR) is 99.6 cm³/mol. The molecule has 3 N–H and O–H groups in total. The Bertz CT molecular complexity index is 1100. The summed E-state index contributed by atoms with van der Waals surface area (Å²) in [5.41, 5.74) is 5.90. The van der Waals surface area contributed by atoms with E-state index in [0.717, 1.165) is 10.6 Å². The zero-order valence-electron chi connectivity index (χ0n) is 15.7. The first kappa shape index (κ1) is 21.1. The van der Waals surface area contributed by atoms with Crippen LogP contribution < -0.4 is 10.5 Å². The lowest BCUT2D eigenvalue weighted by molar-refractivity contribution is -0.145. The van der Waals surface area contributed by atoms with E-state index in [0.29, 0.717) is 6.42 Å². The van der Waals surface area contributed by atoms with E-state index >= 15 is 0 Å². The fourth-order valence-electron chi connectivity index (χ4n) is 2.57. The molecular weight excluding hydrogens is 412 g/mol. The van der Waals surface area contributed by atoms with Crippen molar-refractivity contribution in [3.63, 3.8) is 0 Å². The van der Waals surface area contributed by atoms with Gasteiger partial charge in [-0.15, -0.1) is 5.10 Å². The van der Waals surface area contributed by atoms with Crippen LogP contribution in [0.4, 0.5) is 23.4 Å². The number of nitrogens with one attached hydrogen (secondary N) is 1. The molecule has 2 atom stereocenters. The van der Waals surface area contributed by atoms with E-state index in [4.69, 9.17) is 5.73 Å². The molecule has 1 aromatic carbocycles. The molecule has 0 aliphatic heterocycles. The SMILES string of the molecule is CCC(C)NS(=O)c1cc(F)c(C)c(-c2cnc3c(N)nc(C(F)(F)F)nn23)c1. The first-order valence-electron chi connectivity index (χ1n) is 8.59. The number of rotatable bonds is 5. The number of aromatic nitrogens is 4. The first-order chi connectivity index (χ1) is 13.5. The van der Waals surface area contributed by atoms with Crippen molar-refractivity contribution in [3.05, 3.63) is 35.5 Å². The number of hydrogen-bond acceptors (Lipinski definition) is 5. The van der Waals surface area contributed by atoms with E-state index in [-0.39, 0.29) is 33.4 Å². The van der Waals surface area contributed by atoms with E-state index in [1.807, 2.05) is 13.8 Å². The lowest BCUT2D eigenvalue weighted by atomic mass is 10.1. The van der Waals surface area contributed by atoms with Gasteiger partial charge < -0.3 is 5.73 Å². The van der Waals surface area contributed by atoms with E-state index in [1.165, 1.54) is 19.2 Å². The Morgan fingerprint density at radius 2 is 2.03 bits per heavy atom. The van der Waals surface area contributed by atoms with Gasteiger partial charge in [0.15, 0.2) is 11.5 Å². The van der Waals surface area contributed by atoms with Gasteiger partial charge in [0.25, 0.3) is 5.82 Å². The van der Waals surface area contributed by atoms with Gasteiger partial charge in [0, 0.05) is 11.6 Å². The van der Waals surface area contributed by atoms with Crippen molar-refractivity contribution >= 4 is 22.5 Å². The smallest absolute Gasteiger partial charge is 0.380 e. The van der Waals surface area contributed by atoms with Crippen LogP contribution in [-0.2, 0) is 17.2 Å². The molecule has 3 aromatic rings. The van der Waals surface area contributed by atoms with Crippen LogP contribution in [0.3, 0.4) is 0 Å². The number of anilines is 1. The summed E-state index contributed by atoms with van der Waals surface area (Å²) < 4.78 is 70.0. The number of nitrogen functional groups attached to an aromatic ring is 1. The van der Waals surface area contributed by atoms with Crippen LogP contribution in [0.1, 0.15) is 31.7 Å². The summed E-state index contributed by atoms with van der Waals surface area (Å²) in [5, 5.41) is 3.47. The lowest BCUT2D eigenvalue weighted by Crippen LogP contribution is -2.27. The Kier molecular flexibility index (Phi) is 5.59. The highest BCUT2D eigenvalue weighted by molar-refractivity contribution is 7.83. The van der Waals surface area contributed by atoms with Crippen LogP contribution in [0.2, 0.25) is 0 Å². The topological polar surface area (TPSA) is 98.2 Å². The Morgan fingerprint density at radius 1 is 1.34 bits per heavy atom. The molecule has 0 saturated carbocycles. The zero-order chi connectivity index (χ0) is 21.5. The summed E-state index contributed by atoms with van der Waals surface area (Å²) in [4.78, 5) is 7.33. The highest BCUT2D eigenvalue weighted by Crippen LogP contribution is 2.31. The molecular formula is C17H18F4N6OS. The molecule has 0 bridgehead atoms. The molecule has 29 heavy (non-hydrogen) atoms. The number of imidazole rings is 1. The molecule has 12 heteroatoms. The highest BCUT2D eigenvalue weighted by atomic mass is 32.2. The van der Waals surface area contributed by atoms with Gasteiger partial charge in [-0.3, -0.25) is 0 Å². The third-order valence-corrected chi connectivity index (χ3v) is 5.65. The quantitative estimate of drug-likeness (QED) is 0.606. The number of nitrogens with zero attached hydrogens (tertiary/aromatic N) is 4. The van der Waals surface area contributed by atoms with Crippen LogP contribution >= 0.6 is 0 Å². The summed E-state index contributed by atoms with van der Waals surface area (Å²) in [7, 11) is -1.72. The maximum atomic E-state index is 14.5. The summed E-state index contributed by atoms with van der Waals surface area (Å²) >= 11 is 0. The van der Waals surface area contributed by atoms with Crippen LogP contribution in [0, 0.1) is 12.7 Å². The van der Waals surface area contributed by atoms with Crippen molar-refractivity contribution in [2.75, 3.05) is 5.73 Å². The molecule has 0 spiro atoms. The second-order valence-corrected chi connectivity index (χ2v) is 7.72. The number of nitrogens with two attached hydrogens (primary N) is 1. The molecule has 0 amide bonds. The first-order valence-corrected chi connectivity index (χ1v) is 9.74. The van der Waals surface area contributed by atoms with Crippen molar-refractivity contribution in [2.24, 2.45) is 0 Å². The lowest BCUT2D eigenvalue weighted by Gasteiger charge is -2.14. The molecule has 2 heterocycles. The van der Waals surface area contributed by atoms with Crippen molar-refractivity contribution in [1.29, 1.82) is 0 Å². The summed E-state index contributed by atoms with van der Waals surface area (Å²) in [6.07, 6.45) is -2.90. The minimum Gasteiger partial charge on any atom is -0.380 e. The number of hydrogen-bond donors (Lipinski definition) is 2. The summed E-state index contributed by atoms with van der Waals surface area (Å²) in [5.74, 6) is -2.57. The Balaban J connectivity index is 2.19. The zero-order valence-corrected chi connectivity index (χ0v) is 16.5. The van der Waals surface area contributed by atoms with Crippen molar-refractivity contribution < 1.29 is 21.8 Å². The van der Waals surface area contributed by atoms with E-state index in [1.54, 1.807) is 0 Å². The highest BCUT2D eigenvalue weighted by Gasteiger charge is 2.36. The second kappa shape index (κ2) is 7.67. The third-order valence-electron chi connectivity index (χ3n) is 4.37. The van der Waals surface area contributed by atoms with Gasteiger partial charge in [-0.25, -0.2) is 27.8 Å². The van der Waals surface area contributed by atoms with E-state index in [2.05, 4.69) is 19.8 Å². The normalized spacial score (nSPS) is 14.3. The van der Waals surface area contributed by atoms with Crippen molar-refractivity contribution in [1.82, 2.24) is 24.3 Å². The van der Waals surface area contributed by atoms with Crippen LogP contribution in [0.25, 0.3) is 16.9 Å². The molecule has 0 saturated heterocycles. The minimum absolute atomic E-state index is 0.0680. The maximum absolute atomic E-state index is 14.5. The molecule has 3 rings (SSSR count). The van der Waals surface area contributed by atoms with Crippen LogP contribution in [-0.4, -0.2) is 29.8 Å². The minimum atomic E-state index is -4.83.